The number of rotatable bonds is 4. The average molecular weight is 245 g/mol. The number of aromatic nitrogens is 3. The fourth-order valence-corrected chi connectivity index (χ4v) is 1.60. The quantitative estimate of drug-likeness (QED) is 0.750. The predicted molar refractivity (Wildman–Crippen MR) is 68.0 cm³/mol. The monoisotopic (exact) mass is 245 g/mol. The Kier molecular flexibility index (Phi) is 3.69. The lowest BCUT2D eigenvalue weighted by Gasteiger charge is -2.05. The van der Waals surface area contributed by atoms with Gasteiger partial charge in [0.15, 0.2) is 0 Å². The zero-order valence-corrected chi connectivity index (χ0v) is 10.1. The molecule has 2 rings (SSSR count). The molecule has 0 atom stereocenters. The molecular weight excluding hydrogens is 230 g/mol. The van der Waals surface area contributed by atoms with Gasteiger partial charge in [0, 0.05) is 23.9 Å². The lowest BCUT2D eigenvalue weighted by Crippen LogP contribution is -2.14. The van der Waals surface area contributed by atoms with Gasteiger partial charge in [0.1, 0.15) is 5.82 Å². The standard InChI is InChI=1S/C12H15N5O/c1-2-8-7-15-17-11(8)16-12(18)9-3-4-14-10(5-9)6-13/h3-5,7H,2,6,13H2,1H3,(H2,15,16,17,18). The number of anilines is 1. The fourth-order valence-electron chi connectivity index (χ4n) is 1.60. The van der Waals surface area contributed by atoms with Crippen LogP contribution in [0, 0.1) is 0 Å². The Morgan fingerprint density at radius 1 is 1.56 bits per heavy atom. The molecule has 0 saturated carbocycles. The highest BCUT2D eigenvalue weighted by Crippen LogP contribution is 2.13. The second-order valence-corrected chi connectivity index (χ2v) is 3.82. The van der Waals surface area contributed by atoms with Gasteiger partial charge < -0.3 is 11.1 Å². The molecule has 0 aliphatic rings. The summed E-state index contributed by atoms with van der Waals surface area (Å²) >= 11 is 0. The molecule has 0 aliphatic heterocycles. The smallest absolute Gasteiger partial charge is 0.256 e. The fraction of sp³-hybridized carbons (Fsp3) is 0.250. The number of carbonyl (C=O) groups excluding carboxylic acids is 1. The summed E-state index contributed by atoms with van der Waals surface area (Å²) in [7, 11) is 0. The molecule has 6 nitrogen and oxygen atoms in total. The molecule has 18 heavy (non-hydrogen) atoms. The van der Waals surface area contributed by atoms with Crippen molar-refractivity contribution in [2.24, 2.45) is 5.73 Å². The summed E-state index contributed by atoms with van der Waals surface area (Å²) in [4.78, 5) is 16.1. The molecule has 4 N–H and O–H groups in total. The van der Waals surface area contributed by atoms with E-state index in [0.29, 0.717) is 23.6 Å². The molecule has 0 fully saturated rings. The summed E-state index contributed by atoms with van der Waals surface area (Å²) < 4.78 is 0. The van der Waals surface area contributed by atoms with Gasteiger partial charge in [-0.1, -0.05) is 6.92 Å². The first-order valence-corrected chi connectivity index (χ1v) is 5.73. The average Bonchev–Trinajstić information content (AvgIpc) is 2.86. The van der Waals surface area contributed by atoms with Crippen LogP contribution in [-0.2, 0) is 13.0 Å². The van der Waals surface area contributed by atoms with Gasteiger partial charge in [-0.25, -0.2) is 0 Å². The van der Waals surface area contributed by atoms with Crippen LogP contribution in [0.5, 0.6) is 0 Å². The molecule has 2 aromatic rings. The van der Waals surface area contributed by atoms with Crippen molar-refractivity contribution >= 4 is 11.7 Å². The van der Waals surface area contributed by atoms with E-state index in [4.69, 9.17) is 5.73 Å². The van der Waals surface area contributed by atoms with Crippen LogP contribution in [0.15, 0.2) is 24.5 Å². The number of H-pyrrole nitrogens is 1. The molecule has 2 heterocycles. The highest BCUT2D eigenvalue weighted by Gasteiger charge is 2.10. The number of aromatic amines is 1. The van der Waals surface area contributed by atoms with Crippen LogP contribution < -0.4 is 11.1 Å². The van der Waals surface area contributed by atoms with Gasteiger partial charge in [-0.05, 0) is 18.6 Å². The molecule has 1 amide bonds. The summed E-state index contributed by atoms with van der Waals surface area (Å²) in [6, 6.07) is 3.33. The highest BCUT2D eigenvalue weighted by atomic mass is 16.1. The van der Waals surface area contributed by atoms with Crippen molar-refractivity contribution in [3.63, 3.8) is 0 Å². The molecule has 0 spiro atoms. The van der Waals surface area contributed by atoms with Gasteiger partial charge in [-0.15, -0.1) is 0 Å². The number of nitrogens with zero attached hydrogens (tertiary/aromatic N) is 2. The molecule has 0 aromatic carbocycles. The van der Waals surface area contributed by atoms with Crippen molar-refractivity contribution in [3.8, 4) is 0 Å². The minimum Gasteiger partial charge on any atom is -0.325 e. The third kappa shape index (κ3) is 2.54. The third-order valence-electron chi connectivity index (χ3n) is 2.63. The Balaban J connectivity index is 2.16. The summed E-state index contributed by atoms with van der Waals surface area (Å²) in [5.74, 6) is 0.430. The van der Waals surface area contributed by atoms with Crippen LogP contribution >= 0.6 is 0 Å². The Bertz CT molecular complexity index is 549. The number of aryl methyl sites for hydroxylation is 1. The summed E-state index contributed by atoms with van der Waals surface area (Å²) in [5, 5.41) is 9.45. The molecular formula is C12H15N5O. The van der Waals surface area contributed by atoms with Gasteiger partial charge in [-0.2, -0.15) is 5.10 Å². The number of nitrogens with one attached hydrogen (secondary N) is 2. The van der Waals surface area contributed by atoms with Gasteiger partial charge in [0.2, 0.25) is 0 Å². The summed E-state index contributed by atoms with van der Waals surface area (Å²) in [5.41, 5.74) is 7.67. The van der Waals surface area contributed by atoms with Gasteiger partial charge in [-0.3, -0.25) is 14.9 Å². The first-order chi connectivity index (χ1) is 8.74. The lowest BCUT2D eigenvalue weighted by molar-refractivity contribution is 0.102. The Hall–Kier alpha value is -2.21. The van der Waals surface area contributed by atoms with Crippen molar-refractivity contribution in [2.75, 3.05) is 5.32 Å². The number of pyridine rings is 1. The highest BCUT2D eigenvalue weighted by molar-refractivity contribution is 6.04. The van der Waals surface area contributed by atoms with E-state index in [1.807, 2.05) is 6.92 Å². The molecule has 0 unspecified atom stereocenters. The number of carbonyl (C=O) groups is 1. The van der Waals surface area contributed by atoms with Crippen LogP contribution in [0.4, 0.5) is 5.82 Å². The number of hydrogen-bond donors (Lipinski definition) is 3. The van der Waals surface area contributed by atoms with E-state index in [2.05, 4.69) is 20.5 Å². The second-order valence-electron chi connectivity index (χ2n) is 3.82. The summed E-state index contributed by atoms with van der Waals surface area (Å²) in [6.07, 6.45) is 4.08. The van der Waals surface area contributed by atoms with Crippen LogP contribution in [-0.4, -0.2) is 21.1 Å². The maximum absolute atomic E-state index is 12.0. The third-order valence-corrected chi connectivity index (χ3v) is 2.63. The van der Waals surface area contributed by atoms with Crippen LogP contribution in [0.3, 0.4) is 0 Å². The molecule has 2 aromatic heterocycles. The van der Waals surface area contributed by atoms with Crippen molar-refractivity contribution in [1.82, 2.24) is 15.2 Å². The number of amides is 1. The van der Waals surface area contributed by atoms with Gasteiger partial charge in [0.25, 0.3) is 5.91 Å². The zero-order chi connectivity index (χ0) is 13.0. The molecule has 0 saturated heterocycles. The van der Waals surface area contributed by atoms with E-state index < -0.39 is 0 Å². The van der Waals surface area contributed by atoms with Gasteiger partial charge >= 0.3 is 0 Å². The number of hydrogen-bond acceptors (Lipinski definition) is 4. The van der Waals surface area contributed by atoms with E-state index >= 15 is 0 Å². The van der Waals surface area contributed by atoms with Crippen molar-refractivity contribution in [1.29, 1.82) is 0 Å². The van der Waals surface area contributed by atoms with E-state index in [-0.39, 0.29) is 5.91 Å². The zero-order valence-electron chi connectivity index (χ0n) is 10.1. The van der Waals surface area contributed by atoms with Crippen LogP contribution in [0.2, 0.25) is 0 Å². The predicted octanol–water partition coefficient (Wildman–Crippen LogP) is 1.08. The molecule has 0 radical (unpaired) electrons. The largest absolute Gasteiger partial charge is 0.325 e. The Morgan fingerprint density at radius 3 is 3.11 bits per heavy atom. The maximum atomic E-state index is 12.0. The second kappa shape index (κ2) is 5.42. The van der Waals surface area contributed by atoms with Gasteiger partial charge in [0.05, 0.1) is 11.9 Å². The van der Waals surface area contributed by atoms with E-state index in [0.717, 1.165) is 12.0 Å². The molecule has 6 heteroatoms. The first-order valence-electron chi connectivity index (χ1n) is 5.73. The minimum atomic E-state index is -0.203. The SMILES string of the molecule is CCc1cn[nH]c1NC(=O)c1ccnc(CN)c1. The van der Waals surface area contributed by atoms with Crippen molar-refractivity contribution in [3.05, 3.63) is 41.3 Å². The maximum Gasteiger partial charge on any atom is 0.256 e. The van der Waals surface area contributed by atoms with Crippen molar-refractivity contribution in [2.45, 2.75) is 19.9 Å². The molecule has 94 valence electrons. The Morgan fingerprint density at radius 2 is 2.39 bits per heavy atom. The summed E-state index contributed by atoms with van der Waals surface area (Å²) in [6.45, 7) is 2.31. The number of nitrogens with two attached hydrogens (primary N) is 1. The normalized spacial score (nSPS) is 10.3. The van der Waals surface area contributed by atoms with Crippen LogP contribution in [0.25, 0.3) is 0 Å². The Labute approximate surface area is 105 Å². The molecule has 0 aliphatic carbocycles. The van der Waals surface area contributed by atoms with E-state index in [1.54, 1.807) is 24.5 Å². The minimum absolute atomic E-state index is 0.203. The molecule has 0 bridgehead atoms. The first kappa shape index (κ1) is 12.3. The topological polar surface area (TPSA) is 96.7 Å². The van der Waals surface area contributed by atoms with E-state index in [1.165, 1.54) is 0 Å². The lowest BCUT2D eigenvalue weighted by atomic mass is 10.2. The van der Waals surface area contributed by atoms with E-state index in [9.17, 15) is 4.79 Å². The van der Waals surface area contributed by atoms with Crippen molar-refractivity contribution < 1.29 is 4.79 Å². The van der Waals surface area contributed by atoms with Crippen LogP contribution in [0.1, 0.15) is 28.5 Å².